The quantitative estimate of drug-likeness (QED) is 0.263. The van der Waals surface area contributed by atoms with Crippen molar-refractivity contribution in [3.05, 3.63) is 121 Å². The van der Waals surface area contributed by atoms with Crippen molar-refractivity contribution in [3.63, 3.8) is 0 Å². The topological polar surface area (TPSA) is 0 Å². The first-order chi connectivity index (χ1) is 13.9. The first-order valence-electron chi connectivity index (χ1n) is 9.67. The molecule has 0 spiro atoms. The van der Waals surface area contributed by atoms with Crippen LogP contribution in [0.4, 0.5) is 0 Å². The SMILES string of the molecule is [Ni].c1ccc(P(CCP(c2ccccc2)c2ccccc2)c2ccccc2)cc1. The van der Waals surface area contributed by atoms with Crippen molar-refractivity contribution in [3.8, 4) is 0 Å². The Hall–Kier alpha value is -1.77. The van der Waals surface area contributed by atoms with Crippen molar-refractivity contribution in [1.29, 1.82) is 0 Å². The summed E-state index contributed by atoms with van der Waals surface area (Å²) < 4.78 is 0. The molecule has 0 N–H and O–H groups in total. The standard InChI is InChI=1S/C26H24P2.Ni/c1-5-13-23(14-6-1)27(24-15-7-2-8-16-24)21-22-28(25-17-9-3-10-18-25)26-19-11-4-12-20-26;/h1-20H,21-22H2;. The van der Waals surface area contributed by atoms with Crippen LogP contribution in [-0.4, -0.2) is 12.3 Å². The van der Waals surface area contributed by atoms with E-state index in [4.69, 9.17) is 0 Å². The van der Waals surface area contributed by atoms with E-state index in [2.05, 4.69) is 121 Å². The normalized spacial score (nSPS) is 10.7. The predicted octanol–water partition coefficient (Wildman–Crippen LogP) is 5.25. The van der Waals surface area contributed by atoms with E-state index >= 15 is 0 Å². The van der Waals surface area contributed by atoms with Gasteiger partial charge in [0, 0.05) is 16.5 Å². The Kier molecular flexibility index (Phi) is 8.64. The summed E-state index contributed by atoms with van der Waals surface area (Å²) in [6.07, 6.45) is 2.41. The molecule has 4 aromatic rings. The van der Waals surface area contributed by atoms with Crippen molar-refractivity contribution in [2.45, 2.75) is 0 Å². The molecular formula is C26H24NiP2. The van der Waals surface area contributed by atoms with E-state index in [-0.39, 0.29) is 32.3 Å². The Morgan fingerprint density at radius 2 is 0.552 bits per heavy atom. The van der Waals surface area contributed by atoms with Gasteiger partial charge in [-0.3, -0.25) is 0 Å². The first kappa shape index (κ1) is 21.9. The Morgan fingerprint density at radius 3 is 0.759 bits per heavy atom. The second-order valence-corrected chi connectivity index (χ2v) is 11.3. The van der Waals surface area contributed by atoms with Crippen LogP contribution in [0.1, 0.15) is 0 Å². The van der Waals surface area contributed by atoms with E-state index in [9.17, 15) is 0 Å². The summed E-state index contributed by atoms with van der Waals surface area (Å²) in [6.45, 7) is 0. The molecule has 3 heteroatoms. The minimum absolute atomic E-state index is 0. The summed E-state index contributed by atoms with van der Waals surface area (Å²) in [5.41, 5.74) is 0. The van der Waals surface area contributed by atoms with Crippen molar-refractivity contribution in [2.24, 2.45) is 0 Å². The third-order valence-electron chi connectivity index (χ3n) is 4.82. The number of rotatable bonds is 7. The van der Waals surface area contributed by atoms with Crippen molar-refractivity contribution < 1.29 is 16.5 Å². The molecule has 0 aliphatic rings. The van der Waals surface area contributed by atoms with Gasteiger partial charge in [0.1, 0.15) is 0 Å². The summed E-state index contributed by atoms with van der Waals surface area (Å²) in [6, 6.07) is 44.2. The molecule has 0 nitrogen and oxygen atoms in total. The van der Waals surface area contributed by atoms with Crippen molar-refractivity contribution in [2.75, 3.05) is 12.3 Å². The minimum atomic E-state index is -0.348. The third kappa shape index (κ3) is 5.87. The van der Waals surface area contributed by atoms with Crippen LogP contribution in [-0.2, 0) is 16.5 Å². The van der Waals surface area contributed by atoms with Gasteiger partial charge in [-0.1, -0.05) is 121 Å². The second kappa shape index (κ2) is 11.4. The van der Waals surface area contributed by atoms with Gasteiger partial charge in [0.05, 0.1) is 0 Å². The van der Waals surface area contributed by atoms with E-state index in [0.717, 1.165) is 0 Å². The smallest absolute Gasteiger partial charge is 0 e. The molecule has 29 heavy (non-hydrogen) atoms. The Morgan fingerprint density at radius 1 is 0.345 bits per heavy atom. The van der Waals surface area contributed by atoms with Crippen LogP contribution in [0.3, 0.4) is 0 Å². The molecule has 0 radical (unpaired) electrons. The molecule has 0 saturated heterocycles. The van der Waals surface area contributed by atoms with Gasteiger partial charge in [0.25, 0.3) is 0 Å². The maximum absolute atomic E-state index is 2.30. The van der Waals surface area contributed by atoms with Gasteiger partial charge in [0.15, 0.2) is 0 Å². The molecule has 0 bridgehead atoms. The monoisotopic (exact) mass is 456 g/mol. The molecule has 4 rings (SSSR count). The number of hydrogen-bond acceptors (Lipinski definition) is 0. The zero-order valence-electron chi connectivity index (χ0n) is 16.2. The van der Waals surface area contributed by atoms with E-state index < -0.39 is 0 Å². The van der Waals surface area contributed by atoms with Crippen molar-refractivity contribution in [1.82, 2.24) is 0 Å². The number of benzene rings is 4. The molecular weight excluding hydrogens is 433 g/mol. The fraction of sp³-hybridized carbons (Fsp3) is 0.0769. The first-order valence-corrected chi connectivity index (χ1v) is 12.7. The zero-order valence-corrected chi connectivity index (χ0v) is 18.9. The average Bonchev–Trinajstić information content (AvgIpc) is 2.79. The Bertz CT molecular complexity index is 798. The van der Waals surface area contributed by atoms with E-state index in [1.807, 2.05) is 0 Å². The van der Waals surface area contributed by atoms with Gasteiger partial charge in [-0.25, -0.2) is 0 Å². The van der Waals surface area contributed by atoms with E-state index in [0.29, 0.717) is 0 Å². The summed E-state index contributed by atoms with van der Waals surface area (Å²) in [5.74, 6) is 0. The maximum atomic E-state index is 2.30. The molecule has 0 unspecified atom stereocenters. The molecule has 4 aromatic carbocycles. The zero-order chi connectivity index (χ0) is 19.0. The average molecular weight is 457 g/mol. The van der Waals surface area contributed by atoms with Crippen LogP contribution in [0.15, 0.2) is 121 Å². The van der Waals surface area contributed by atoms with Gasteiger partial charge in [-0.15, -0.1) is 0 Å². The van der Waals surface area contributed by atoms with Crippen LogP contribution in [0.2, 0.25) is 0 Å². The summed E-state index contributed by atoms with van der Waals surface area (Å²) >= 11 is 0. The van der Waals surface area contributed by atoms with E-state index in [1.54, 1.807) is 0 Å². The molecule has 0 amide bonds. The molecule has 0 saturated carbocycles. The van der Waals surface area contributed by atoms with Gasteiger partial charge < -0.3 is 0 Å². The molecule has 148 valence electrons. The maximum Gasteiger partial charge on any atom is 0 e. The second-order valence-electron chi connectivity index (χ2n) is 6.65. The van der Waals surface area contributed by atoms with Crippen LogP contribution >= 0.6 is 15.8 Å². The fourth-order valence-electron chi connectivity index (χ4n) is 3.45. The Balaban J connectivity index is 0.00000240. The van der Waals surface area contributed by atoms with Crippen LogP contribution in [0.5, 0.6) is 0 Å². The minimum Gasteiger partial charge on any atom is -0.0622 e. The molecule has 0 fully saturated rings. The van der Waals surface area contributed by atoms with Crippen molar-refractivity contribution >= 4 is 37.1 Å². The van der Waals surface area contributed by atoms with Crippen LogP contribution < -0.4 is 21.2 Å². The van der Waals surface area contributed by atoms with Crippen LogP contribution in [0.25, 0.3) is 0 Å². The fourth-order valence-corrected chi connectivity index (χ4v) is 8.80. The molecule has 0 aliphatic heterocycles. The molecule has 0 heterocycles. The summed E-state index contributed by atoms with van der Waals surface area (Å²) in [7, 11) is -0.696. The van der Waals surface area contributed by atoms with Crippen LogP contribution in [0, 0.1) is 0 Å². The van der Waals surface area contributed by atoms with Gasteiger partial charge in [-0.2, -0.15) is 0 Å². The van der Waals surface area contributed by atoms with E-state index in [1.165, 1.54) is 33.5 Å². The molecule has 0 aromatic heterocycles. The van der Waals surface area contributed by atoms with Gasteiger partial charge in [-0.05, 0) is 49.4 Å². The molecule has 0 aliphatic carbocycles. The van der Waals surface area contributed by atoms with Gasteiger partial charge >= 0.3 is 0 Å². The largest absolute Gasteiger partial charge is 0.0622 e. The number of hydrogen-bond donors (Lipinski definition) is 0. The Labute approximate surface area is 186 Å². The predicted molar refractivity (Wildman–Crippen MR) is 128 cm³/mol. The summed E-state index contributed by atoms with van der Waals surface area (Å²) in [4.78, 5) is 0. The third-order valence-corrected chi connectivity index (χ3v) is 10.2. The van der Waals surface area contributed by atoms with Gasteiger partial charge in [0.2, 0.25) is 0 Å². The summed E-state index contributed by atoms with van der Waals surface area (Å²) in [5, 5.41) is 5.89. The molecule has 0 atom stereocenters.